The summed E-state index contributed by atoms with van der Waals surface area (Å²) in [5, 5.41) is 3.99. The molecule has 1 N–H and O–H groups in total. The molecule has 2 aromatic rings. The minimum absolute atomic E-state index is 0.267. The van der Waals surface area contributed by atoms with Crippen molar-refractivity contribution in [2.24, 2.45) is 5.10 Å². The van der Waals surface area contributed by atoms with E-state index in [2.05, 4.69) is 26.5 Å². The van der Waals surface area contributed by atoms with Gasteiger partial charge in [0.15, 0.2) is 0 Å². The Kier molecular flexibility index (Phi) is 5.76. The van der Waals surface area contributed by atoms with E-state index in [0.717, 1.165) is 10.0 Å². The van der Waals surface area contributed by atoms with Gasteiger partial charge < -0.3 is 9.47 Å². The quantitative estimate of drug-likeness (QED) is 0.641. The number of rotatable bonds is 5. The summed E-state index contributed by atoms with van der Waals surface area (Å²) in [6.07, 6.45) is 1.52. The van der Waals surface area contributed by atoms with Gasteiger partial charge in [0.25, 0.3) is 5.91 Å². The molecule has 0 heterocycles. The zero-order valence-corrected chi connectivity index (χ0v) is 14.7. The number of carbonyl (C=O) groups is 1. The van der Waals surface area contributed by atoms with Crippen LogP contribution >= 0.6 is 15.9 Å². The second-order valence-electron chi connectivity index (χ2n) is 4.80. The van der Waals surface area contributed by atoms with Crippen molar-refractivity contribution >= 4 is 28.1 Å². The van der Waals surface area contributed by atoms with Crippen LogP contribution in [-0.4, -0.2) is 26.3 Å². The molecule has 0 aromatic heterocycles. The third-order valence-corrected chi connectivity index (χ3v) is 3.77. The molecule has 6 heteroatoms. The molecule has 1 amide bonds. The maximum absolute atomic E-state index is 12.0. The normalized spacial score (nSPS) is 10.6. The van der Waals surface area contributed by atoms with Gasteiger partial charge in [-0.2, -0.15) is 5.10 Å². The molecule has 0 saturated heterocycles. The SMILES string of the molecule is COc1cc(OC)c(/C=N/NC(=O)c2cccc(C)c2)cc1Br. The lowest BCUT2D eigenvalue weighted by molar-refractivity contribution is 0.0955. The number of nitrogens with one attached hydrogen (secondary N) is 1. The molecular weight excluding hydrogens is 360 g/mol. The van der Waals surface area contributed by atoms with E-state index in [1.807, 2.05) is 19.1 Å². The Hall–Kier alpha value is -2.34. The van der Waals surface area contributed by atoms with Crippen LogP contribution in [0.3, 0.4) is 0 Å². The van der Waals surface area contributed by atoms with E-state index in [0.29, 0.717) is 22.6 Å². The number of hydrogen-bond acceptors (Lipinski definition) is 4. The van der Waals surface area contributed by atoms with Gasteiger partial charge in [-0.05, 0) is 41.1 Å². The third-order valence-electron chi connectivity index (χ3n) is 3.15. The molecule has 0 atom stereocenters. The lowest BCUT2D eigenvalue weighted by Crippen LogP contribution is -2.17. The molecule has 0 spiro atoms. The summed E-state index contributed by atoms with van der Waals surface area (Å²) in [6.45, 7) is 1.93. The van der Waals surface area contributed by atoms with Gasteiger partial charge in [-0.3, -0.25) is 4.79 Å². The second kappa shape index (κ2) is 7.78. The molecular formula is C17H17BrN2O3. The third kappa shape index (κ3) is 4.32. The highest BCUT2D eigenvalue weighted by molar-refractivity contribution is 9.10. The van der Waals surface area contributed by atoms with Crippen molar-refractivity contribution in [1.29, 1.82) is 0 Å². The molecule has 120 valence electrons. The van der Waals surface area contributed by atoms with Crippen LogP contribution < -0.4 is 14.9 Å². The standard InChI is InChI=1S/C17H17BrN2O3/c1-11-5-4-6-12(7-11)17(21)20-19-10-13-8-14(18)16(23-3)9-15(13)22-2/h4-10H,1-3H3,(H,20,21)/b19-10+. The van der Waals surface area contributed by atoms with Crippen molar-refractivity contribution in [3.8, 4) is 11.5 Å². The summed E-state index contributed by atoms with van der Waals surface area (Å²) in [6, 6.07) is 10.9. The fourth-order valence-corrected chi connectivity index (χ4v) is 2.52. The predicted molar refractivity (Wildman–Crippen MR) is 93.5 cm³/mol. The second-order valence-corrected chi connectivity index (χ2v) is 5.65. The number of methoxy groups -OCH3 is 2. The smallest absolute Gasteiger partial charge is 0.271 e. The van der Waals surface area contributed by atoms with Gasteiger partial charge >= 0.3 is 0 Å². The van der Waals surface area contributed by atoms with E-state index in [1.54, 1.807) is 38.5 Å². The monoisotopic (exact) mass is 376 g/mol. The average Bonchev–Trinajstić information content (AvgIpc) is 2.55. The molecule has 0 aliphatic carbocycles. The van der Waals surface area contributed by atoms with Crippen molar-refractivity contribution in [2.45, 2.75) is 6.92 Å². The number of hydrogen-bond donors (Lipinski definition) is 1. The van der Waals surface area contributed by atoms with Crippen LogP contribution in [0.5, 0.6) is 11.5 Å². The van der Waals surface area contributed by atoms with E-state index in [1.165, 1.54) is 6.21 Å². The fraction of sp³-hybridized carbons (Fsp3) is 0.176. The van der Waals surface area contributed by atoms with Crippen LogP contribution in [0.1, 0.15) is 21.5 Å². The Morgan fingerprint density at radius 1 is 1.17 bits per heavy atom. The number of hydrazone groups is 1. The summed E-state index contributed by atoms with van der Waals surface area (Å²) in [7, 11) is 3.14. The van der Waals surface area contributed by atoms with Crippen LogP contribution in [-0.2, 0) is 0 Å². The Bertz CT molecular complexity index is 745. The molecule has 0 bridgehead atoms. The summed E-state index contributed by atoms with van der Waals surface area (Å²) in [4.78, 5) is 12.0. The van der Waals surface area contributed by atoms with Crippen LogP contribution in [0.25, 0.3) is 0 Å². The lowest BCUT2D eigenvalue weighted by Gasteiger charge is -2.09. The van der Waals surface area contributed by atoms with Gasteiger partial charge in [-0.1, -0.05) is 17.7 Å². The highest BCUT2D eigenvalue weighted by Crippen LogP contribution is 2.31. The highest BCUT2D eigenvalue weighted by atomic mass is 79.9. The number of ether oxygens (including phenoxy) is 2. The number of halogens is 1. The zero-order valence-electron chi connectivity index (χ0n) is 13.1. The Morgan fingerprint density at radius 3 is 2.57 bits per heavy atom. The maximum atomic E-state index is 12.0. The molecule has 0 saturated carbocycles. The van der Waals surface area contributed by atoms with Crippen molar-refractivity contribution in [3.63, 3.8) is 0 Å². The summed E-state index contributed by atoms with van der Waals surface area (Å²) < 4.78 is 11.3. The lowest BCUT2D eigenvalue weighted by atomic mass is 10.1. The van der Waals surface area contributed by atoms with Crippen molar-refractivity contribution in [3.05, 3.63) is 57.6 Å². The molecule has 2 rings (SSSR count). The first-order valence-corrected chi connectivity index (χ1v) is 7.66. The van der Waals surface area contributed by atoms with Crippen molar-refractivity contribution < 1.29 is 14.3 Å². The zero-order chi connectivity index (χ0) is 16.8. The van der Waals surface area contributed by atoms with E-state index in [9.17, 15) is 4.79 Å². The van der Waals surface area contributed by atoms with Crippen LogP contribution in [0.15, 0.2) is 46.0 Å². The minimum Gasteiger partial charge on any atom is -0.496 e. The summed E-state index contributed by atoms with van der Waals surface area (Å²) in [5.41, 5.74) is 4.79. The molecule has 0 unspecified atom stereocenters. The van der Waals surface area contributed by atoms with E-state index in [4.69, 9.17) is 9.47 Å². The molecule has 23 heavy (non-hydrogen) atoms. The predicted octanol–water partition coefficient (Wildman–Crippen LogP) is 3.54. The van der Waals surface area contributed by atoms with E-state index >= 15 is 0 Å². The van der Waals surface area contributed by atoms with Gasteiger partial charge in [0.2, 0.25) is 0 Å². The molecule has 0 radical (unpaired) electrons. The highest BCUT2D eigenvalue weighted by Gasteiger charge is 2.08. The molecule has 5 nitrogen and oxygen atoms in total. The molecule has 0 aliphatic rings. The van der Waals surface area contributed by atoms with Crippen LogP contribution in [0, 0.1) is 6.92 Å². The Morgan fingerprint density at radius 2 is 1.91 bits per heavy atom. The van der Waals surface area contributed by atoms with Gasteiger partial charge in [0.05, 0.1) is 24.9 Å². The van der Waals surface area contributed by atoms with Crippen molar-refractivity contribution in [2.75, 3.05) is 14.2 Å². The molecule has 0 aliphatic heterocycles. The number of nitrogens with zero attached hydrogens (tertiary/aromatic N) is 1. The minimum atomic E-state index is -0.267. The first-order chi connectivity index (χ1) is 11.0. The van der Waals surface area contributed by atoms with Crippen LogP contribution in [0.4, 0.5) is 0 Å². The Balaban J connectivity index is 2.14. The first-order valence-electron chi connectivity index (χ1n) is 6.86. The fourth-order valence-electron chi connectivity index (χ4n) is 2.00. The summed E-state index contributed by atoms with van der Waals surface area (Å²) >= 11 is 3.41. The molecule has 2 aromatic carbocycles. The maximum Gasteiger partial charge on any atom is 0.271 e. The Labute approximate surface area is 143 Å². The summed E-state index contributed by atoms with van der Waals surface area (Å²) in [5.74, 6) is 0.984. The average molecular weight is 377 g/mol. The van der Waals surface area contributed by atoms with Gasteiger partial charge in [0.1, 0.15) is 11.5 Å². The molecule has 0 fully saturated rings. The number of amides is 1. The number of aryl methyl sites for hydroxylation is 1. The first kappa shape index (κ1) is 17.0. The van der Waals surface area contributed by atoms with Gasteiger partial charge in [-0.25, -0.2) is 5.43 Å². The van der Waals surface area contributed by atoms with Gasteiger partial charge in [-0.15, -0.1) is 0 Å². The topological polar surface area (TPSA) is 59.9 Å². The largest absolute Gasteiger partial charge is 0.496 e. The van der Waals surface area contributed by atoms with E-state index in [-0.39, 0.29) is 5.91 Å². The van der Waals surface area contributed by atoms with Crippen molar-refractivity contribution in [1.82, 2.24) is 5.43 Å². The van der Waals surface area contributed by atoms with Crippen LogP contribution in [0.2, 0.25) is 0 Å². The number of carbonyl (C=O) groups excluding carboxylic acids is 1. The number of benzene rings is 2. The van der Waals surface area contributed by atoms with Gasteiger partial charge in [0, 0.05) is 17.2 Å². The van der Waals surface area contributed by atoms with E-state index < -0.39 is 0 Å².